The lowest BCUT2D eigenvalue weighted by Crippen LogP contribution is -2.22. The molecule has 0 saturated carbocycles. The fourth-order valence-electron chi connectivity index (χ4n) is 3.48. The highest BCUT2D eigenvalue weighted by molar-refractivity contribution is 6.30. The van der Waals surface area contributed by atoms with Crippen LogP contribution in [-0.2, 0) is 0 Å². The number of hydrogen-bond acceptors (Lipinski definition) is 2. The average molecular weight is 383 g/mol. The molecule has 5 aromatic rings. The predicted octanol–water partition coefficient (Wildman–Crippen LogP) is 5.86. The lowest BCUT2D eigenvalue weighted by Gasteiger charge is -2.14. The Morgan fingerprint density at radius 1 is 0.750 bits per heavy atom. The smallest absolute Gasteiger partial charge is 0.266 e. The molecule has 0 unspecified atom stereocenters. The Bertz CT molecular complexity index is 1370. The number of rotatable bonds is 2. The molecule has 0 radical (unpaired) electrons. The van der Waals surface area contributed by atoms with Crippen LogP contribution in [0, 0.1) is 0 Å². The first kappa shape index (κ1) is 16.7. The first-order chi connectivity index (χ1) is 13.7. The molecule has 5 rings (SSSR count). The van der Waals surface area contributed by atoms with Gasteiger partial charge in [-0.05, 0) is 59.3 Å². The summed E-state index contributed by atoms with van der Waals surface area (Å²) in [7, 11) is 0. The number of benzene rings is 4. The third kappa shape index (κ3) is 2.77. The van der Waals surface area contributed by atoms with Gasteiger partial charge in [-0.25, -0.2) is 4.98 Å². The fourth-order valence-corrected chi connectivity index (χ4v) is 3.61. The van der Waals surface area contributed by atoms with E-state index in [9.17, 15) is 4.79 Å². The summed E-state index contributed by atoms with van der Waals surface area (Å²) in [5, 5.41) is 3.32. The minimum Gasteiger partial charge on any atom is -0.268 e. The Kier molecular flexibility index (Phi) is 3.96. The van der Waals surface area contributed by atoms with Crippen LogP contribution in [0.3, 0.4) is 0 Å². The fraction of sp³-hybridized carbons (Fsp3) is 0. The van der Waals surface area contributed by atoms with Crippen LogP contribution in [0.25, 0.3) is 38.8 Å². The first-order valence-corrected chi connectivity index (χ1v) is 9.35. The van der Waals surface area contributed by atoms with Crippen molar-refractivity contribution in [2.45, 2.75) is 0 Å². The molecule has 0 bridgehead atoms. The second-order valence-electron chi connectivity index (χ2n) is 6.63. The third-order valence-electron chi connectivity index (χ3n) is 4.85. The molecular formula is C24H15ClN2O. The Morgan fingerprint density at radius 2 is 1.39 bits per heavy atom. The molecule has 4 heteroatoms. The van der Waals surface area contributed by atoms with Crippen LogP contribution >= 0.6 is 11.6 Å². The minimum absolute atomic E-state index is 0.0908. The number of hydrogen-bond donors (Lipinski definition) is 0. The van der Waals surface area contributed by atoms with Gasteiger partial charge in [-0.3, -0.25) is 9.36 Å². The SMILES string of the molecule is O=c1c2cc3ccccc3cc2nc(-c2ccc(Cl)cc2)n1-c1ccccc1. The van der Waals surface area contributed by atoms with Gasteiger partial charge in [0.05, 0.1) is 16.6 Å². The highest BCUT2D eigenvalue weighted by Crippen LogP contribution is 2.26. The standard InChI is InChI=1S/C24H15ClN2O/c25-19-12-10-16(11-13-19)23-26-22-15-18-7-5-4-6-17(18)14-21(22)24(28)27(23)20-8-2-1-3-9-20/h1-15H. The van der Waals surface area contributed by atoms with Crippen molar-refractivity contribution in [3.05, 3.63) is 106 Å². The number of halogens is 1. The van der Waals surface area contributed by atoms with Gasteiger partial charge in [0.1, 0.15) is 5.82 Å². The molecule has 3 nitrogen and oxygen atoms in total. The molecule has 0 aliphatic carbocycles. The van der Waals surface area contributed by atoms with Gasteiger partial charge in [-0.15, -0.1) is 0 Å². The number of para-hydroxylation sites is 1. The van der Waals surface area contributed by atoms with Crippen LogP contribution < -0.4 is 5.56 Å². The van der Waals surface area contributed by atoms with Crippen molar-refractivity contribution < 1.29 is 0 Å². The van der Waals surface area contributed by atoms with Gasteiger partial charge < -0.3 is 0 Å². The Labute approximate surface area is 166 Å². The van der Waals surface area contributed by atoms with E-state index in [-0.39, 0.29) is 5.56 Å². The molecule has 0 N–H and O–H groups in total. The molecule has 0 fully saturated rings. The van der Waals surface area contributed by atoms with E-state index in [0.717, 1.165) is 22.0 Å². The van der Waals surface area contributed by atoms with Crippen molar-refractivity contribution in [1.82, 2.24) is 9.55 Å². The van der Waals surface area contributed by atoms with Crippen molar-refractivity contribution in [1.29, 1.82) is 0 Å². The van der Waals surface area contributed by atoms with Crippen molar-refractivity contribution >= 4 is 33.3 Å². The molecule has 0 spiro atoms. The second kappa shape index (κ2) is 6.63. The van der Waals surface area contributed by atoms with Crippen LogP contribution in [0.2, 0.25) is 5.02 Å². The topological polar surface area (TPSA) is 34.9 Å². The Balaban J connectivity index is 1.91. The zero-order chi connectivity index (χ0) is 19.1. The van der Waals surface area contributed by atoms with E-state index in [4.69, 9.17) is 16.6 Å². The monoisotopic (exact) mass is 382 g/mol. The lowest BCUT2D eigenvalue weighted by molar-refractivity contribution is 0.976. The molecule has 0 aliphatic heterocycles. The second-order valence-corrected chi connectivity index (χ2v) is 7.07. The molecule has 4 aromatic carbocycles. The van der Waals surface area contributed by atoms with E-state index in [1.165, 1.54) is 0 Å². The maximum Gasteiger partial charge on any atom is 0.266 e. The quantitative estimate of drug-likeness (QED) is 0.358. The lowest BCUT2D eigenvalue weighted by atomic mass is 10.1. The van der Waals surface area contributed by atoms with Crippen LogP contribution in [-0.4, -0.2) is 9.55 Å². The highest BCUT2D eigenvalue weighted by Gasteiger charge is 2.15. The van der Waals surface area contributed by atoms with Gasteiger partial charge in [0, 0.05) is 10.6 Å². The van der Waals surface area contributed by atoms with Gasteiger partial charge in [-0.1, -0.05) is 54.1 Å². The Hall–Kier alpha value is -3.43. The molecular weight excluding hydrogens is 368 g/mol. The maximum atomic E-state index is 13.5. The zero-order valence-electron chi connectivity index (χ0n) is 14.8. The molecule has 28 heavy (non-hydrogen) atoms. The third-order valence-corrected chi connectivity index (χ3v) is 5.10. The number of nitrogens with zero attached hydrogens (tertiary/aromatic N) is 2. The van der Waals surface area contributed by atoms with Gasteiger partial charge in [-0.2, -0.15) is 0 Å². The molecule has 1 aromatic heterocycles. The van der Waals surface area contributed by atoms with E-state index in [2.05, 4.69) is 0 Å². The largest absolute Gasteiger partial charge is 0.268 e. The summed E-state index contributed by atoms with van der Waals surface area (Å²) in [5.41, 5.74) is 2.20. The number of aromatic nitrogens is 2. The van der Waals surface area contributed by atoms with Crippen LogP contribution in [0.1, 0.15) is 0 Å². The molecule has 0 saturated heterocycles. The highest BCUT2D eigenvalue weighted by atomic mass is 35.5. The summed E-state index contributed by atoms with van der Waals surface area (Å²) in [4.78, 5) is 18.4. The predicted molar refractivity (Wildman–Crippen MR) is 115 cm³/mol. The van der Waals surface area contributed by atoms with E-state index in [0.29, 0.717) is 21.7 Å². The van der Waals surface area contributed by atoms with E-state index in [1.54, 1.807) is 4.57 Å². The van der Waals surface area contributed by atoms with Crippen molar-refractivity contribution in [3.8, 4) is 17.1 Å². The van der Waals surface area contributed by atoms with E-state index in [1.807, 2.05) is 91.0 Å². The van der Waals surface area contributed by atoms with Gasteiger partial charge >= 0.3 is 0 Å². The Morgan fingerprint density at radius 3 is 2.11 bits per heavy atom. The van der Waals surface area contributed by atoms with Crippen molar-refractivity contribution in [2.24, 2.45) is 0 Å². The first-order valence-electron chi connectivity index (χ1n) is 8.98. The zero-order valence-corrected chi connectivity index (χ0v) is 15.6. The summed E-state index contributed by atoms with van der Waals surface area (Å²) in [6.07, 6.45) is 0. The van der Waals surface area contributed by atoms with Crippen LogP contribution in [0.15, 0.2) is 95.8 Å². The minimum atomic E-state index is -0.0908. The molecule has 1 heterocycles. The van der Waals surface area contributed by atoms with E-state index < -0.39 is 0 Å². The van der Waals surface area contributed by atoms with Gasteiger partial charge in [0.2, 0.25) is 0 Å². The summed E-state index contributed by atoms with van der Waals surface area (Å²) < 4.78 is 1.67. The molecule has 134 valence electrons. The van der Waals surface area contributed by atoms with Gasteiger partial charge in [0.25, 0.3) is 5.56 Å². The molecule has 0 atom stereocenters. The van der Waals surface area contributed by atoms with Crippen LogP contribution in [0.5, 0.6) is 0 Å². The number of fused-ring (bicyclic) bond motifs is 2. The summed E-state index contributed by atoms with van der Waals surface area (Å²) in [5.74, 6) is 0.593. The normalized spacial score (nSPS) is 11.2. The average Bonchev–Trinajstić information content (AvgIpc) is 2.74. The van der Waals surface area contributed by atoms with Crippen LogP contribution in [0.4, 0.5) is 0 Å². The van der Waals surface area contributed by atoms with Gasteiger partial charge in [0.15, 0.2) is 0 Å². The summed E-state index contributed by atoms with van der Waals surface area (Å²) >= 11 is 6.06. The van der Waals surface area contributed by atoms with E-state index >= 15 is 0 Å². The molecule has 0 aliphatic rings. The van der Waals surface area contributed by atoms with Crippen molar-refractivity contribution in [3.63, 3.8) is 0 Å². The summed E-state index contributed by atoms with van der Waals surface area (Å²) in [6.45, 7) is 0. The summed E-state index contributed by atoms with van der Waals surface area (Å²) in [6, 6.07) is 28.9. The maximum absolute atomic E-state index is 13.5. The molecule has 0 amide bonds. The van der Waals surface area contributed by atoms with Crippen molar-refractivity contribution in [2.75, 3.05) is 0 Å².